The maximum Gasteiger partial charge on any atom is 0.253 e. The highest BCUT2D eigenvalue weighted by atomic mass is 32.2. The monoisotopic (exact) mass is 453 g/mol. The summed E-state index contributed by atoms with van der Waals surface area (Å²) >= 11 is 0. The van der Waals surface area contributed by atoms with E-state index >= 15 is 0 Å². The highest BCUT2D eigenvalue weighted by molar-refractivity contribution is 7.90. The van der Waals surface area contributed by atoms with E-state index in [4.69, 9.17) is 4.52 Å². The van der Waals surface area contributed by atoms with Crippen LogP contribution in [0.1, 0.15) is 32.9 Å². The first-order valence-corrected chi connectivity index (χ1v) is 12.3. The molecule has 7 nitrogen and oxygen atoms in total. The Labute approximate surface area is 188 Å². The molecule has 0 spiro atoms. The second-order valence-corrected chi connectivity index (χ2v) is 10.1. The molecule has 0 bridgehead atoms. The summed E-state index contributed by atoms with van der Waals surface area (Å²) in [6.07, 6.45) is 0. The average Bonchev–Trinajstić information content (AvgIpc) is 3.12. The Morgan fingerprint density at radius 1 is 1.00 bits per heavy atom. The molecule has 4 rings (SSSR count). The van der Waals surface area contributed by atoms with E-state index in [9.17, 15) is 13.2 Å². The molecule has 1 amide bonds. The van der Waals surface area contributed by atoms with Crippen LogP contribution in [0, 0.1) is 13.8 Å². The van der Waals surface area contributed by atoms with Crippen LogP contribution in [0.15, 0.2) is 64.0 Å². The molecule has 2 aromatic carbocycles. The minimum atomic E-state index is -3.46. The lowest BCUT2D eigenvalue weighted by atomic mass is 10.1. The van der Waals surface area contributed by atoms with Crippen molar-refractivity contribution in [3.63, 3.8) is 0 Å². The van der Waals surface area contributed by atoms with E-state index < -0.39 is 9.84 Å². The van der Waals surface area contributed by atoms with E-state index in [1.54, 1.807) is 54.6 Å². The van der Waals surface area contributed by atoms with E-state index in [1.165, 1.54) is 0 Å². The number of rotatable bonds is 6. The van der Waals surface area contributed by atoms with Gasteiger partial charge in [-0.15, -0.1) is 0 Å². The van der Waals surface area contributed by atoms with Crippen LogP contribution < -0.4 is 0 Å². The molecule has 1 aromatic heterocycles. The third-order valence-electron chi connectivity index (χ3n) is 5.86. The molecular weight excluding hydrogens is 426 g/mol. The van der Waals surface area contributed by atoms with Crippen LogP contribution >= 0.6 is 0 Å². The van der Waals surface area contributed by atoms with Gasteiger partial charge in [0.25, 0.3) is 5.91 Å². The molecule has 0 saturated carbocycles. The fourth-order valence-corrected chi connectivity index (χ4v) is 5.32. The van der Waals surface area contributed by atoms with Gasteiger partial charge in [-0.05, 0) is 43.7 Å². The van der Waals surface area contributed by atoms with Gasteiger partial charge in [0.1, 0.15) is 5.76 Å². The molecule has 3 aromatic rings. The van der Waals surface area contributed by atoms with Gasteiger partial charge in [0.05, 0.1) is 16.3 Å². The smallest absolute Gasteiger partial charge is 0.253 e. The topological polar surface area (TPSA) is 83.7 Å². The highest BCUT2D eigenvalue weighted by Gasteiger charge is 2.24. The number of piperazine rings is 1. The Morgan fingerprint density at radius 2 is 1.72 bits per heavy atom. The normalized spacial score (nSPS) is 15.1. The summed E-state index contributed by atoms with van der Waals surface area (Å²) in [6.45, 7) is 7.38. The number of aryl methyl sites for hydroxylation is 2. The number of hydrogen-bond donors (Lipinski definition) is 0. The molecule has 1 aliphatic rings. The van der Waals surface area contributed by atoms with Crippen LogP contribution in [-0.4, -0.2) is 55.5 Å². The summed E-state index contributed by atoms with van der Waals surface area (Å²) in [4.78, 5) is 17.5. The summed E-state index contributed by atoms with van der Waals surface area (Å²) < 4.78 is 30.6. The fourth-order valence-electron chi connectivity index (χ4n) is 3.97. The first-order chi connectivity index (χ1) is 15.3. The minimum absolute atomic E-state index is 0.0686. The molecule has 0 radical (unpaired) electrons. The average molecular weight is 454 g/mol. The maximum atomic E-state index is 13.1. The van der Waals surface area contributed by atoms with Crippen molar-refractivity contribution < 1.29 is 17.7 Å². The van der Waals surface area contributed by atoms with E-state index in [2.05, 4.69) is 10.1 Å². The standard InChI is InChI=1S/C24H27N3O4S/c1-18-23(19(2)31-25-18)16-26-11-13-27(14-12-26)24(28)21-8-6-7-20(15-21)17-32(29,30)22-9-4-3-5-10-22/h3-10,15H,11-14,16-17H2,1-2H3. The highest BCUT2D eigenvalue weighted by Crippen LogP contribution is 2.19. The molecule has 0 atom stereocenters. The summed E-state index contributed by atoms with van der Waals surface area (Å²) in [6, 6.07) is 15.3. The van der Waals surface area contributed by atoms with E-state index in [-0.39, 0.29) is 16.6 Å². The second kappa shape index (κ2) is 9.26. The molecule has 8 heteroatoms. The molecule has 168 valence electrons. The van der Waals surface area contributed by atoms with Crippen LogP contribution in [0.5, 0.6) is 0 Å². The summed E-state index contributed by atoms with van der Waals surface area (Å²) in [5.74, 6) is 0.632. The third-order valence-corrected chi connectivity index (χ3v) is 7.56. The van der Waals surface area contributed by atoms with Gasteiger partial charge in [-0.25, -0.2) is 8.42 Å². The molecule has 0 N–H and O–H groups in total. The molecule has 2 heterocycles. The third kappa shape index (κ3) is 4.92. The van der Waals surface area contributed by atoms with E-state index in [0.29, 0.717) is 24.2 Å². The lowest BCUT2D eigenvalue weighted by Crippen LogP contribution is -2.48. The van der Waals surface area contributed by atoms with Crippen LogP contribution in [0.3, 0.4) is 0 Å². The molecule has 0 aliphatic carbocycles. The SMILES string of the molecule is Cc1noc(C)c1CN1CCN(C(=O)c2cccc(CS(=O)(=O)c3ccccc3)c2)CC1. The van der Waals surface area contributed by atoms with Crippen molar-refractivity contribution in [2.75, 3.05) is 26.2 Å². The quantitative estimate of drug-likeness (QED) is 0.570. The summed E-state index contributed by atoms with van der Waals surface area (Å²) in [5, 5.41) is 4.01. The van der Waals surface area contributed by atoms with E-state index in [0.717, 1.165) is 36.7 Å². The molecular formula is C24H27N3O4S. The number of hydrogen-bond acceptors (Lipinski definition) is 6. The number of benzene rings is 2. The van der Waals surface area contributed by atoms with Crippen LogP contribution in [-0.2, 0) is 22.1 Å². The first kappa shape index (κ1) is 22.2. The van der Waals surface area contributed by atoms with Crippen molar-refractivity contribution in [2.24, 2.45) is 0 Å². The predicted octanol–water partition coefficient (Wildman–Crippen LogP) is 3.22. The van der Waals surface area contributed by atoms with Crippen molar-refractivity contribution in [2.45, 2.75) is 31.0 Å². The molecule has 1 saturated heterocycles. The van der Waals surface area contributed by atoms with Gasteiger partial charge in [0.2, 0.25) is 0 Å². The van der Waals surface area contributed by atoms with Gasteiger partial charge in [-0.3, -0.25) is 9.69 Å². The van der Waals surface area contributed by atoms with Gasteiger partial charge in [-0.2, -0.15) is 0 Å². The van der Waals surface area contributed by atoms with Gasteiger partial charge in [-0.1, -0.05) is 35.5 Å². The molecule has 1 fully saturated rings. The summed E-state index contributed by atoms with van der Waals surface area (Å²) in [5.41, 5.74) is 3.14. The number of amides is 1. The zero-order chi connectivity index (χ0) is 22.7. The maximum absolute atomic E-state index is 13.1. The Kier molecular flexibility index (Phi) is 6.43. The Balaban J connectivity index is 1.39. The van der Waals surface area contributed by atoms with Crippen LogP contribution in [0.2, 0.25) is 0 Å². The molecule has 32 heavy (non-hydrogen) atoms. The second-order valence-electron chi connectivity index (χ2n) is 8.14. The number of carbonyl (C=O) groups is 1. The van der Waals surface area contributed by atoms with Crippen molar-refractivity contribution in [1.29, 1.82) is 0 Å². The van der Waals surface area contributed by atoms with Crippen LogP contribution in [0.25, 0.3) is 0 Å². The lowest BCUT2D eigenvalue weighted by molar-refractivity contribution is 0.0627. The van der Waals surface area contributed by atoms with Gasteiger partial charge in [0, 0.05) is 43.9 Å². The van der Waals surface area contributed by atoms with Crippen molar-refractivity contribution in [3.05, 3.63) is 82.7 Å². The summed E-state index contributed by atoms with van der Waals surface area (Å²) in [7, 11) is -3.46. The van der Waals surface area contributed by atoms with Crippen molar-refractivity contribution in [1.82, 2.24) is 15.0 Å². The first-order valence-electron chi connectivity index (χ1n) is 10.6. The number of sulfone groups is 1. The lowest BCUT2D eigenvalue weighted by Gasteiger charge is -2.34. The largest absolute Gasteiger partial charge is 0.361 e. The predicted molar refractivity (Wildman–Crippen MR) is 121 cm³/mol. The van der Waals surface area contributed by atoms with Crippen LogP contribution in [0.4, 0.5) is 0 Å². The van der Waals surface area contributed by atoms with Gasteiger partial charge in [0.15, 0.2) is 9.84 Å². The zero-order valence-corrected chi connectivity index (χ0v) is 19.1. The van der Waals surface area contributed by atoms with E-state index in [1.807, 2.05) is 18.7 Å². The van der Waals surface area contributed by atoms with Crippen molar-refractivity contribution >= 4 is 15.7 Å². The molecule has 1 aliphatic heterocycles. The minimum Gasteiger partial charge on any atom is -0.361 e. The fraction of sp³-hybridized carbons (Fsp3) is 0.333. The Morgan fingerprint density at radius 3 is 2.38 bits per heavy atom. The number of aromatic nitrogens is 1. The van der Waals surface area contributed by atoms with Crippen molar-refractivity contribution in [3.8, 4) is 0 Å². The number of nitrogens with zero attached hydrogens (tertiary/aromatic N) is 3. The molecule has 0 unspecified atom stereocenters. The Bertz CT molecular complexity index is 1180. The Hall–Kier alpha value is -2.97. The van der Waals surface area contributed by atoms with Gasteiger partial charge >= 0.3 is 0 Å². The zero-order valence-electron chi connectivity index (χ0n) is 18.3. The van der Waals surface area contributed by atoms with Gasteiger partial charge < -0.3 is 9.42 Å². The number of carbonyl (C=O) groups excluding carboxylic acids is 1.